The van der Waals surface area contributed by atoms with Crippen molar-refractivity contribution in [3.63, 3.8) is 0 Å². The van der Waals surface area contributed by atoms with Gasteiger partial charge in [-0.15, -0.1) is 0 Å². The molecule has 6 rings (SSSR count). The van der Waals surface area contributed by atoms with Crippen LogP contribution in [0.1, 0.15) is 90.2 Å². The number of hydrogen-bond acceptors (Lipinski definition) is 5. The minimum Gasteiger partial charge on any atom is -0.282 e. The number of alkyl halides is 2. The highest BCUT2D eigenvalue weighted by Gasteiger charge is 2.44. The Balaban J connectivity index is 1.43. The molecule has 0 amide bonds. The molecular weight excluding hydrogens is 491 g/mol. The third-order valence-corrected chi connectivity index (χ3v) is 8.17. The van der Waals surface area contributed by atoms with E-state index in [1.165, 1.54) is 23.0 Å². The Morgan fingerprint density at radius 3 is 2.47 bits per heavy atom. The lowest BCUT2D eigenvalue weighted by molar-refractivity contribution is -0.0320. The summed E-state index contributed by atoms with van der Waals surface area (Å²) >= 11 is 0. The molecule has 9 heteroatoms. The monoisotopic (exact) mass is 519 g/mol. The number of halogens is 3. The number of nitrogens with zero attached hydrogens (tertiary/aromatic N) is 5. The molecule has 4 aromatic rings. The molecule has 2 aliphatic rings. The lowest BCUT2D eigenvalue weighted by Crippen LogP contribution is -2.36. The van der Waals surface area contributed by atoms with Crippen LogP contribution in [0, 0.1) is 19.7 Å². The van der Waals surface area contributed by atoms with Crippen molar-refractivity contribution in [1.82, 2.24) is 24.5 Å². The van der Waals surface area contributed by atoms with Gasteiger partial charge < -0.3 is 0 Å². The Kier molecular flexibility index (Phi) is 6.04. The maximum absolute atomic E-state index is 14.7. The molecule has 0 N–H and O–H groups in total. The third kappa shape index (κ3) is 4.08. The normalized spacial score (nSPS) is 22.8. The molecule has 1 fully saturated rings. The van der Waals surface area contributed by atoms with E-state index in [9.17, 15) is 18.0 Å². The van der Waals surface area contributed by atoms with Crippen molar-refractivity contribution >= 4 is 11.2 Å². The highest BCUT2D eigenvalue weighted by molar-refractivity contribution is 5.71. The molecule has 0 unspecified atom stereocenters. The molecule has 3 heterocycles. The summed E-state index contributed by atoms with van der Waals surface area (Å²) in [6, 6.07) is 6.24. The van der Waals surface area contributed by atoms with Crippen LogP contribution >= 0.6 is 0 Å². The number of benzene rings is 1. The molecular formula is C29H28F3N5O. The van der Waals surface area contributed by atoms with Gasteiger partial charge in [0.2, 0.25) is 0 Å². The summed E-state index contributed by atoms with van der Waals surface area (Å²) in [6.45, 7) is 3.71. The third-order valence-electron chi connectivity index (χ3n) is 8.17. The number of pyridine rings is 1. The SMILES string of the molecule is Cc1cnc2cc(C3CCC(c4c(C)cccc4F)CC3)c(=O)n([C@H]3CCC(F)(F)c4nccnc43)c2n1. The maximum atomic E-state index is 14.7. The van der Waals surface area contributed by atoms with Gasteiger partial charge in [0.25, 0.3) is 11.5 Å². The fourth-order valence-electron chi connectivity index (χ4n) is 6.33. The van der Waals surface area contributed by atoms with Crippen molar-refractivity contribution in [2.24, 2.45) is 0 Å². The first kappa shape index (κ1) is 24.7. The van der Waals surface area contributed by atoms with Crippen molar-refractivity contribution in [3.05, 3.63) is 92.8 Å². The van der Waals surface area contributed by atoms with Crippen LogP contribution in [0.25, 0.3) is 11.2 Å². The molecule has 0 saturated heterocycles. The standard InChI is InChI=1S/C29H28F3N5O/c1-16-4-3-5-21(30)24(16)19-8-6-18(7-9-19)20-14-22-27(36-17(2)15-35-22)37(28(20)38)23-10-11-29(31,32)26-25(23)33-12-13-34-26/h3-5,12-15,18-19,23H,6-11H2,1-2H3/t18?,19?,23-/m0/s1. The first-order valence-corrected chi connectivity index (χ1v) is 13.1. The van der Waals surface area contributed by atoms with Gasteiger partial charge in [0.15, 0.2) is 5.65 Å². The quantitative estimate of drug-likeness (QED) is 0.320. The van der Waals surface area contributed by atoms with E-state index in [4.69, 9.17) is 0 Å². The molecule has 3 aromatic heterocycles. The van der Waals surface area contributed by atoms with Gasteiger partial charge in [-0.3, -0.25) is 24.3 Å². The van der Waals surface area contributed by atoms with Gasteiger partial charge in [-0.25, -0.2) is 9.37 Å². The lowest BCUT2D eigenvalue weighted by Gasteiger charge is -2.32. The van der Waals surface area contributed by atoms with E-state index < -0.39 is 18.4 Å². The highest BCUT2D eigenvalue weighted by Crippen LogP contribution is 2.45. The second-order valence-corrected chi connectivity index (χ2v) is 10.6. The smallest absolute Gasteiger partial charge is 0.282 e. The minimum absolute atomic E-state index is 0.0338. The number of aryl methyl sites for hydroxylation is 2. The fourth-order valence-corrected chi connectivity index (χ4v) is 6.33. The van der Waals surface area contributed by atoms with Gasteiger partial charge in [0, 0.05) is 30.6 Å². The van der Waals surface area contributed by atoms with Crippen LogP contribution in [0.2, 0.25) is 0 Å². The van der Waals surface area contributed by atoms with Crippen molar-refractivity contribution in [2.45, 2.75) is 76.2 Å². The van der Waals surface area contributed by atoms with Gasteiger partial charge in [0.1, 0.15) is 17.0 Å². The molecule has 196 valence electrons. The van der Waals surface area contributed by atoms with E-state index in [-0.39, 0.29) is 41.0 Å². The topological polar surface area (TPSA) is 73.6 Å². The summed E-state index contributed by atoms with van der Waals surface area (Å²) in [7, 11) is 0. The zero-order valence-corrected chi connectivity index (χ0v) is 21.3. The Labute approximate surface area is 218 Å². The number of aromatic nitrogens is 5. The van der Waals surface area contributed by atoms with Crippen LogP contribution in [0.3, 0.4) is 0 Å². The molecule has 38 heavy (non-hydrogen) atoms. The molecule has 2 aliphatic carbocycles. The fraction of sp³-hybridized carbons (Fsp3) is 0.414. The van der Waals surface area contributed by atoms with Crippen LogP contribution in [-0.4, -0.2) is 24.5 Å². The second kappa shape index (κ2) is 9.29. The number of rotatable bonds is 3. The molecule has 1 aromatic carbocycles. The van der Waals surface area contributed by atoms with E-state index >= 15 is 0 Å². The summed E-state index contributed by atoms with van der Waals surface area (Å²) in [5, 5.41) is 0. The van der Waals surface area contributed by atoms with Crippen molar-refractivity contribution in [1.29, 1.82) is 0 Å². The summed E-state index contributed by atoms with van der Waals surface area (Å²) in [5.74, 6) is -3.24. The summed E-state index contributed by atoms with van der Waals surface area (Å²) in [5.41, 5.74) is 3.30. The number of hydrogen-bond donors (Lipinski definition) is 0. The van der Waals surface area contributed by atoms with E-state index in [0.717, 1.165) is 36.8 Å². The second-order valence-electron chi connectivity index (χ2n) is 10.6. The van der Waals surface area contributed by atoms with E-state index in [1.54, 1.807) is 25.3 Å². The predicted octanol–water partition coefficient (Wildman–Crippen LogP) is 6.25. The van der Waals surface area contributed by atoms with Gasteiger partial charge in [-0.2, -0.15) is 8.78 Å². The average molecular weight is 520 g/mol. The van der Waals surface area contributed by atoms with Crippen molar-refractivity contribution < 1.29 is 13.2 Å². The minimum atomic E-state index is -3.11. The largest absolute Gasteiger partial charge is 0.291 e. The van der Waals surface area contributed by atoms with E-state index in [1.807, 2.05) is 13.0 Å². The predicted molar refractivity (Wildman–Crippen MR) is 137 cm³/mol. The zero-order valence-electron chi connectivity index (χ0n) is 21.3. The van der Waals surface area contributed by atoms with Crippen molar-refractivity contribution in [3.8, 4) is 0 Å². The molecule has 0 spiro atoms. The molecule has 0 radical (unpaired) electrons. The first-order valence-electron chi connectivity index (χ1n) is 13.1. The Hall–Kier alpha value is -3.62. The average Bonchev–Trinajstić information content (AvgIpc) is 2.90. The first-order chi connectivity index (χ1) is 18.2. The van der Waals surface area contributed by atoms with E-state index in [2.05, 4.69) is 19.9 Å². The summed E-state index contributed by atoms with van der Waals surface area (Å²) in [6.07, 6.45) is 6.83. The van der Waals surface area contributed by atoms with E-state index in [0.29, 0.717) is 22.4 Å². The van der Waals surface area contributed by atoms with Crippen LogP contribution in [-0.2, 0) is 5.92 Å². The summed E-state index contributed by atoms with van der Waals surface area (Å²) < 4.78 is 45.6. The maximum Gasteiger partial charge on any atom is 0.291 e. The van der Waals surface area contributed by atoms with Gasteiger partial charge in [-0.05, 0) is 81.0 Å². The van der Waals surface area contributed by atoms with Crippen LogP contribution in [0.5, 0.6) is 0 Å². The van der Waals surface area contributed by atoms with Crippen LogP contribution in [0.15, 0.2) is 47.7 Å². The highest BCUT2D eigenvalue weighted by atomic mass is 19.3. The Morgan fingerprint density at radius 1 is 0.974 bits per heavy atom. The van der Waals surface area contributed by atoms with Crippen LogP contribution in [0.4, 0.5) is 13.2 Å². The molecule has 1 saturated carbocycles. The molecule has 6 nitrogen and oxygen atoms in total. The molecule has 0 bridgehead atoms. The van der Waals surface area contributed by atoms with Gasteiger partial charge in [-0.1, -0.05) is 12.1 Å². The summed E-state index contributed by atoms with van der Waals surface area (Å²) in [4.78, 5) is 31.5. The van der Waals surface area contributed by atoms with Crippen molar-refractivity contribution in [2.75, 3.05) is 0 Å². The molecule has 1 atom stereocenters. The van der Waals surface area contributed by atoms with Gasteiger partial charge >= 0.3 is 0 Å². The number of fused-ring (bicyclic) bond motifs is 2. The lowest BCUT2D eigenvalue weighted by atomic mass is 9.75. The van der Waals surface area contributed by atoms with Crippen LogP contribution < -0.4 is 5.56 Å². The Morgan fingerprint density at radius 2 is 1.71 bits per heavy atom. The Bertz CT molecular complexity index is 1570. The van der Waals surface area contributed by atoms with Gasteiger partial charge in [0.05, 0.1) is 17.4 Å². The zero-order chi connectivity index (χ0) is 26.6. The molecule has 0 aliphatic heterocycles.